The molecule has 0 atom stereocenters. The highest BCUT2D eigenvalue weighted by molar-refractivity contribution is 9.10. The fourth-order valence-electron chi connectivity index (χ4n) is 2.06. The highest BCUT2D eigenvalue weighted by Gasteiger charge is 2.08. The summed E-state index contributed by atoms with van der Waals surface area (Å²) in [5, 5.41) is 2.67. The molecule has 23 heavy (non-hydrogen) atoms. The van der Waals surface area contributed by atoms with Crippen LogP contribution in [0, 0.1) is 0 Å². The van der Waals surface area contributed by atoms with E-state index in [9.17, 15) is 9.59 Å². The minimum absolute atomic E-state index is 0.0113. The number of hydrogen-bond donors (Lipinski definition) is 0. The number of halogens is 1. The third kappa shape index (κ3) is 3.97. The van der Waals surface area contributed by atoms with Gasteiger partial charge in [0.15, 0.2) is 0 Å². The average molecular weight is 391 g/mol. The van der Waals surface area contributed by atoms with Crippen LogP contribution in [-0.4, -0.2) is 5.97 Å². The van der Waals surface area contributed by atoms with Crippen molar-refractivity contribution in [2.24, 2.45) is 0 Å². The SMILES string of the molecule is O=C(/C=C/c1cccs1)OCc1cc(=O)oc2cc(Br)ccc12. The number of ether oxygens (including phenoxy) is 1. The normalized spacial score (nSPS) is 11.2. The van der Waals surface area contributed by atoms with Crippen LogP contribution in [0.25, 0.3) is 17.0 Å². The van der Waals surface area contributed by atoms with Crippen LogP contribution in [0.5, 0.6) is 0 Å². The topological polar surface area (TPSA) is 56.5 Å². The number of carbonyl (C=O) groups excluding carboxylic acids is 1. The molecule has 0 N–H and O–H groups in total. The number of esters is 1. The highest BCUT2D eigenvalue weighted by Crippen LogP contribution is 2.22. The predicted octanol–water partition coefficient (Wildman–Crippen LogP) is 4.37. The molecule has 2 aromatic heterocycles. The van der Waals surface area contributed by atoms with Crippen molar-refractivity contribution in [3.63, 3.8) is 0 Å². The first-order valence-electron chi connectivity index (χ1n) is 6.72. The van der Waals surface area contributed by atoms with E-state index < -0.39 is 11.6 Å². The molecule has 0 fully saturated rings. The first kappa shape index (κ1) is 15.7. The van der Waals surface area contributed by atoms with Crippen molar-refractivity contribution in [1.29, 1.82) is 0 Å². The summed E-state index contributed by atoms with van der Waals surface area (Å²) in [5.74, 6) is -0.461. The Balaban J connectivity index is 1.76. The molecule has 0 radical (unpaired) electrons. The monoisotopic (exact) mass is 390 g/mol. The summed E-state index contributed by atoms with van der Waals surface area (Å²) in [6.45, 7) is 0.0113. The van der Waals surface area contributed by atoms with Gasteiger partial charge in [-0.1, -0.05) is 22.0 Å². The van der Waals surface area contributed by atoms with Gasteiger partial charge >= 0.3 is 11.6 Å². The van der Waals surface area contributed by atoms with E-state index in [-0.39, 0.29) is 6.61 Å². The van der Waals surface area contributed by atoms with Gasteiger partial charge in [0.2, 0.25) is 0 Å². The molecule has 0 aliphatic heterocycles. The molecule has 0 aliphatic rings. The van der Waals surface area contributed by atoms with Gasteiger partial charge in [0, 0.05) is 32.4 Å². The van der Waals surface area contributed by atoms with E-state index >= 15 is 0 Å². The Hall–Kier alpha value is -2.18. The summed E-state index contributed by atoms with van der Waals surface area (Å²) in [5.41, 5.74) is 0.587. The van der Waals surface area contributed by atoms with Gasteiger partial charge in [-0.05, 0) is 35.7 Å². The van der Waals surface area contributed by atoms with Gasteiger partial charge in [-0.25, -0.2) is 9.59 Å². The van der Waals surface area contributed by atoms with Crippen molar-refractivity contribution >= 4 is 50.3 Å². The van der Waals surface area contributed by atoms with Crippen LogP contribution in [0.15, 0.2) is 61.5 Å². The highest BCUT2D eigenvalue weighted by atomic mass is 79.9. The van der Waals surface area contributed by atoms with Gasteiger partial charge in [0.25, 0.3) is 0 Å². The maximum atomic E-state index is 11.8. The zero-order valence-electron chi connectivity index (χ0n) is 11.8. The lowest BCUT2D eigenvalue weighted by atomic mass is 10.1. The second-order valence-electron chi connectivity index (χ2n) is 4.69. The summed E-state index contributed by atoms with van der Waals surface area (Å²) in [4.78, 5) is 24.3. The van der Waals surface area contributed by atoms with Crippen LogP contribution < -0.4 is 5.63 Å². The Morgan fingerprint density at radius 1 is 1.30 bits per heavy atom. The van der Waals surface area contributed by atoms with Gasteiger partial charge in [-0.2, -0.15) is 0 Å². The number of rotatable bonds is 4. The second kappa shape index (κ2) is 6.93. The lowest BCUT2D eigenvalue weighted by Crippen LogP contribution is -2.05. The Labute approximate surface area is 144 Å². The van der Waals surface area contributed by atoms with Gasteiger partial charge in [0.05, 0.1) is 0 Å². The maximum Gasteiger partial charge on any atom is 0.336 e. The third-order valence-electron chi connectivity index (χ3n) is 3.09. The Kier molecular flexibility index (Phi) is 4.73. The number of hydrogen-bond acceptors (Lipinski definition) is 5. The molecule has 2 heterocycles. The van der Waals surface area contributed by atoms with Crippen LogP contribution in [0.2, 0.25) is 0 Å². The summed E-state index contributed by atoms with van der Waals surface area (Å²) in [6, 6.07) is 10.5. The molecule has 6 heteroatoms. The Bertz CT molecular complexity index is 925. The number of carbonyl (C=O) groups is 1. The van der Waals surface area contributed by atoms with Crippen LogP contribution in [-0.2, 0) is 16.1 Å². The van der Waals surface area contributed by atoms with E-state index in [0.29, 0.717) is 11.1 Å². The van der Waals surface area contributed by atoms with E-state index in [2.05, 4.69) is 15.9 Å². The van der Waals surface area contributed by atoms with Crippen molar-refractivity contribution in [2.45, 2.75) is 6.61 Å². The molecular weight excluding hydrogens is 380 g/mol. The fourth-order valence-corrected chi connectivity index (χ4v) is 3.01. The minimum Gasteiger partial charge on any atom is -0.458 e. The minimum atomic E-state index is -0.476. The lowest BCUT2D eigenvalue weighted by Gasteiger charge is -2.06. The molecule has 0 amide bonds. The Morgan fingerprint density at radius 2 is 2.17 bits per heavy atom. The standard InChI is InChI=1S/C17H11BrO4S/c18-12-3-5-14-11(8-17(20)22-15(14)9-12)10-21-16(19)6-4-13-2-1-7-23-13/h1-9H,10H2/b6-4+. The molecule has 0 bridgehead atoms. The van der Waals surface area contributed by atoms with Gasteiger partial charge in [-0.15, -0.1) is 11.3 Å². The number of fused-ring (bicyclic) bond motifs is 1. The van der Waals surface area contributed by atoms with Crippen molar-refractivity contribution in [2.75, 3.05) is 0 Å². The number of thiophene rings is 1. The quantitative estimate of drug-likeness (QED) is 0.377. The van der Waals surface area contributed by atoms with Crippen LogP contribution in [0.1, 0.15) is 10.4 Å². The van der Waals surface area contributed by atoms with E-state index in [0.717, 1.165) is 14.7 Å². The van der Waals surface area contributed by atoms with E-state index in [4.69, 9.17) is 9.15 Å². The van der Waals surface area contributed by atoms with Gasteiger partial charge in [0.1, 0.15) is 12.2 Å². The van der Waals surface area contributed by atoms with Crippen LogP contribution >= 0.6 is 27.3 Å². The predicted molar refractivity (Wildman–Crippen MR) is 93.3 cm³/mol. The molecule has 3 aromatic rings. The third-order valence-corrected chi connectivity index (χ3v) is 4.42. The molecule has 0 saturated carbocycles. The maximum absolute atomic E-state index is 11.8. The van der Waals surface area contributed by atoms with Crippen LogP contribution in [0.4, 0.5) is 0 Å². The second-order valence-corrected chi connectivity index (χ2v) is 6.58. The number of benzene rings is 1. The van der Waals surface area contributed by atoms with E-state index in [1.165, 1.54) is 23.5 Å². The molecular formula is C17H11BrO4S. The van der Waals surface area contributed by atoms with Gasteiger partial charge < -0.3 is 9.15 Å². The van der Waals surface area contributed by atoms with E-state index in [1.807, 2.05) is 29.6 Å². The van der Waals surface area contributed by atoms with Gasteiger partial charge in [-0.3, -0.25) is 0 Å². The van der Waals surface area contributed by atoms with Crippen molar-refractivity contribution < 1.29 is 13.9 Å². The smallest absolute Gasteiger partial charge is 0.336 e. The molecule has 0 aliphatic carbocycles. The molecule has 0 unspecified atom stereocenters. The largest absolute Gasteiger partial charge is 0.458 e. The van der Waals surface area contributed by atoms with Crippen molar-refractivity contribution in [3.05, 3.63) is 73.2 Å². The first-order chi connectivity index (χ1) is 11.1. The van der Waals surface area contributed by atoms with Crippen molar-refractivity contribution in [3.8, 4) is 0 Å². The average Bonchev–Trinajstić information content (AvgIpc) is 3.03. The zero-order chi connectivity index (χ0) is 16.2. The first-order valence-corrected chi connectivity index (χ1v) is 8.40. The molecule has 1 aromatic carbocycles. The molecule has 116 valence electrons. The summed E-state index contributed by atoms with van der Waals surface area (Å²) in [6.07, 6.45) is 3.07. The molecule has 0 saturated heterocycles. The lowest BCUT2D eigenvalue weighted by molar-refractivity contribution is -0.138. The zero-order valence-corrected chi connectivity index (χ0v) is 14.2. The van der Waals surface area contributed by atoms with Crippen LogP contribution in [0.3, 0.4) is 0 Å². The summed E-state index contributed by atoms with van der Waals surface area (Å²) < 4.78 is 11.2. The molecule has 4 nitrogen and oxygen atoms in total. The molecule has 3 rings (SSSR count). The van der Waals surface area contributed by atoms with E-state index in [1.54, 1.807) is 12.1 Å². The summed E-state index contributed by atoms with van der Waals surface area (Å²) in [7, 11) is 0. The Morgan fingerprint density at radius 3 is 2.96 bits per heavy atom. The fraction of sp³-hybridized carbons (Fsp3) is 0.0588. The molecule has 0 spiro atoms. The summed E-state index contributed by atoms with van der Waals surface area (Å²) >= 11 is 4.86. The van der Waals surface area contributed by atoms with Crippen molar-refractivity contribution in [1.82, 2.24) is 0 Å².